The average molecular weight is 757 g/mol. The molecule has 0 fully saturated rings. The summed E-state index contributed by atoms with van der Waals surface area (Å²) in [6.45, 7) is 0. The Labute approximate surface area is 343 Å². The number of hydrogen-bond acceptors (Lipinski definition) is 2. The quantitative estimate of drug-likeness (QED) is 0.168. The van der Waals surface area contributed by atoms with E-state index in [1.807, 2.05) is 6.07 Å². The molecule has 59 heavy (non-hydrogen) atoms. The number of anilines is 2. The minimum absolute atomic E-state index is 0.446. The highest BCUT2D eigenvalue weighted by atomic mass is 16.3. The molecule has 0 saturated heterocycles. The maximum Gasteiger partial charge on any atom is 0.137 e. The van der Waals surface area contributed by atoms with E-state index in [1.165, 1.54) is 71.8 Å². The molecule has 3 heteroatoms. The van der Waals surface area contributed by atoms with Crippen molar-refractivity contribution in [2.75, 3.05) is 4.90 Å². The predicted molar refractivity (Wildman–Crippen MR) is 248 cm³/mol. The minimum atomic E-state index is 0.446. The summed E-state index contributed by atoms with van der Waals surface area (Å²) in [5, 5.41) is 7.35. The van der Waals surface area contributed by atoms with Gasteiger partial charge in [0.15, 0.2) is 0 Å². The Balaban J connectivity index is 0.932. The van der Waals surface area contributed by atoms with Crippen molar-refractivity contribution in [1.82, 2.24) is 4.57 Å². The second-order valence-electron chi connectivity index (χ2n) is 16.0. The standard InChI is InChI=1S/C56H40N2O/c1-2-13-42-36-53-50(35-41(42)12-1)48-16-5-7-19-51(48)58(53)45-31-25-38(26-32-45)37-23-29-43(30-24-37)57(52-20-10-22-55-56(52)49-17-6-8-21-54(49)59-55)44-33-27-40(28-34-44)47-18-9-14-39-11-3-4-15-46(39)47/h1-13,15-23,25-29,31-36,39H,14,24,30H2. The molecule has 0 saturated carbocycles. The van der Waals surface area contributed by atoms with E-state index in [9.17, 15) is 0 Å². The van der Waals surface area contributed by atoms with Crippen LogP contribution in [0.4, 0.5) is 11.4 Å². The Morgan fingerprint density at radius 2 is 1.34 bits per heavy atom. The number of fused-ring (bicyclic) bond motifs is 8. The van der Waals surface area contributed by atoms with Gasteiger partial charge in [-0.05, 0) is 125 Å². The number of benzene rings is 7. The van der Waals surface area contributed by atoms with Crippen molar-refractivity contribution >= 4 is 77.0 Å². The third-order valence-electron chi connectivity index (χ3n) is 12.6. The van der Waals surface area contributed by atoms with E-state index in [2.05, 4.69) is 204 Å². The molecule has 3 nitrogen and oxygen atoms in total. The lowest BCUT2D eigenvalue weighted by Gasteiger charge is -2.31. The maximum atomic E-state index is 6.41. The largest absolute Gasteiger partial charge is 0.456 e. The number of para-hydroxylation sites is 2. The maximum absolute atomic E-state index is 6.41. The van der Waals surface area contributed by atoms with E-state index >= 15 is 0 Å². The van der Waals surface area contributed by atoms with Gasteiger partial charge in [0.25, 0.3) is 0 Å². The zero-order valence-electron chi connectivity index (χ0n) is 32.6. The first-order valence-electron chi connectivity index (χ1n) is 20.7. The first-order valence-corrected chi connectivity index (χ1v) is 20.7. The summed E-state index contributed by atoms with van der Waals surface area (Å²) >= 11 is 0. The number of furan rings is 1. The fourth-order valence-electron chi connectivity index (χ4n) is 9.77. The summed E-state index contributed by atoms with van der Waals surface area (Å²) in [4.78, 5) is 2.46. The van der Waals surface area contributed by atoms with Crippen LogP contribution in [0, 0.1) is 5.92 Å². The topological polar surface area (TPSA) is 21.3 Å². The molecule has 12 rings (SSSR count). The van der Waals surface area contributed by atoms with Gasteiger partial charge in [0.2, 0.25) is 0 Å². The fraction of sp³-hybridized carbons (Fsp3) is 0.0714. The molecular weight excluding hydrogens is 717 g/mol. The van der Waals surface area contributed by atoms with E-state index in [4.69, 9.17) is 4.42 Å². The van der Waals surface area contributed by atoms with Gasteiger partial charge in [0, 0.05) is 39.1 Å². The molecule has 3 aliphatic carbocycles. The van der Waals surface area contributed by atoms with Crippen LogP contribution in [0.25, 0.3) is 71.4 Å². The molecule has 0 N–H and O–H groups in total. The van der Waals surface area contributed by atoms with Crippen LogP contribution in [0.2, 0.25) is 0 Å². The zero-order chi connectivity index (χ0) is 38.9. The van der Waals surface area contributed by atoms with Gasteiger partial charge in [0.05, 0.1) is 22.1 Å². The lowest BCUT2D eigenvalue weighted by molar-refractivity contribution is 0.669. The van der Waals surface area contributed by atoms with Crippen LogP contribution in [0.15, 0.2) is 216 Å². The van der Waals surface area contributed by atoms with Gasteiger partial charge in [-0.15, -0.1) is 0 Å². The van der Waals surface area contributed by atoms with E-state index in [0.717, 1.165) is 52.6 Å². The Hall–Kier alpha value is -7.36. The normalized spacial score (nSPS) is 16.4. The molecule has 280 valence electrons. The molecule has 0 amide bonds. The van der Waals surface area contributed by atoms with Crippen molar-refractivity contribution in [2.45, 2.75) is 19.3 Å². The number of hydrogen-bond donors (Lipinski definition) is 0. The average Bonchev–Trinajstić information content (AvgIpc) is 3.84. The lowest BCUT2D eigenvalue weighted by Crippen LogP contribution is -2.18. The summed E-state index contributed by atoms with van der Waals surface area (Å²) in [5.41, 5.74) is 15.5. The monoisotopic (exact) mass is 756 g/mol. The van der Waals surface area contributed by atoms with Crippen LogP contribution >= 0.6 is 0 Å². The number of aromatic nitrogens is 1. The molecule has 9 aromatic rings. The molecule has 2 aromatic heterocycles. The van der Waals surface area contributed by atoms with Gasteiger partial charge in [0.1, 0.15) is 11.2 Å². The second-order valence-corrected chi connectivity index (χ2v) is 16.0. The third kappa shape index (κ3) is 5.57. The molecule has 1 atom stereocenters. The molecule has 2 heterocycles. The highest BCUT2D eigenvalue weighted by molar-refractivity contribution is 6.14. The van der Waals surface area contributed by atoms with Crippen molar-refractivity contribution in [3.8, 4) is 5.69 Å². The van der Waals surface area contributed by atoms with Gasteiger partial charge < -0.3 is 13.9 Å². The van der Waals surface area contributed by atoms with Crippen molar-refractivity contribution < 1.29 is 4.42 Å². The predicted octanol–water partition coefficient (Wildman–Crippen LogP) is 15.2. The Bertz CT molecular complexity index is 3340. The van der Waals surface area contributed by atoms with Crippen molar-refractivity contribution in [3.05, 3.63) is 223 Å². The summed E-state index contributed by atoms with van der Waals surface area (Å²) in [5.74, 6) is 0.446. The number of nitrogens with zero attached hydrogens (tertiary/aromatic N) is 2. The molecule has 0 spiro atoms. The van der Waals surface area contributed by atoms with E-state index in [-0.39, 0.29) is 0 Å². The fourth-order valence-corrected chi connectivity index (χ4v) is 9.77. The van der Waals surface area contributed by atoms with Crippen LogP contribution < -0.4 is 4.90 Å². The summed E-state index contributed by atoms with van der Waals surface area (Å²) < 4.78 is 8.82. The number of rotatable bonds is 6. The molecule has 3 aliphatic rings. The molecule has 0 aliphatic heterocycles. The van der Waals surface area contributed by atoms with E-state index in [1.54, 1.807) is 0 Å². The molecular formula is C56H40N2O. The van der Waals surface area contributed by atoms with Crippen molar-refractivity contribution in [3.63, 3.8) is 0 Å². The van der Waals surface area contributed by atoms with Crippen LogP contribution in [0.3, 0.4) is 0 Å². The van der Waals surface area contributed by atoms with Gasteiger partial charge in [-0.2, -0.15) is 0 Å². The first-order chi connectivity index (χ1) is 29.2. The minimum Gasteiger partial charge on any atom is -0.456 e. The van der Waals surface area contributed by atoms with E-state index in [0.29, 0.717) is 5.92 Å². The van der Waals surface area contributed by atoms with Crippen LogP contribution in [0.1, 0.15) is 30.4 Å². The van der Waals surface area contributed by atoms with Crippen molar-refractivity contribution in [1.29, 1.82) is 0 Å². The molecule has 0 radical (unpaired) electrons. The Kier molecular flexibility index (Phi) is 7.80. The highest BCUT2D eigenvalue weighted by Gasteiger charge is 2.24. The highest BCUT2D eigenvalue weighted by Crippen LogP contribution is 2.44. The van der Waals surface area contributed by atoms with E-state index < -0.39 is 0 Å². The van der Waals surface area contributed by atoms with Crippen LogP contribution in [-0.4, -0.2) is 4.57 Å². The molecule has 0 bridgehead atoms. The van der Waals surface area contributed by atoms with Gasteiger partial charge in [-0.3, -0.25) is 0 Å². The van der Waals surface area contributed by atoms with Crippen molar-refractivity contribution in [2.24, 2.45) is 5.92 Å². The summed E-state index contributed by atoms with van der Waals surface area (Å²) in [6.07, 6.45) is 21.1. The van der Waals surface area contributed by atoms with Crippen LogP contribution in [-0.2, 0) is 0 Å². The van der Waals surface area contributed by atoms with Gasteiger partial charge in [-0.1, -0.05) is 134 Å². The summed E-state index contributed by atoms with van der Waals surface area (Å²) in [6, 6.07) is 55.3. The zero-order valence-corrected chi connectivity index (χ0v) is 32.6. The van der Waals surface area contributed by atoms with Crippen LogP contribution in [0.5, 0.6) is 0 Å². The molecule has 7 aromatic carbocycles. The van der Waals surface area contributed by atoms with Gasteiger partial charge in [-0.25, -0.2) is 0 Å². The Morgan fingerprint density at radius 3 is 2.19 bits per heavy atom. The summed E-state index contributed by atoms with van der Waals surface area (Å²) in [7, 11) is 0. The Morgan fingerprint density at radius 1 is 0.576 bits per heavy atom. The van der Waals surface area contributed by atoms with Gasteiger partial charge >= 0.3 is 0 Å². The second kappa shape index (κ2) is 13.6. The lowest BCUT2D eigenvalue weighted by atomic mass is 9.82. The molecule has 1 unspecified atom stereocenters. The first kappa shape index (κ1) is 33.7. The number of allylic oxidation sites excluding steroid dienone is 12. The third-order valence-corrected chi connectivity index (χ3v) is 12.6. The SMILES string of the molecule is C1=CC2=C(c3ccc(N(C4=CC=C(c5ccc(-n6c7ccccc7c7cc8ccccc8cc76)cc5)CC4)c4cccc5oc6ccccc6c45)cc3)C=CCC2C=C1. The smallest absolute Gasteiger partial charge is 0.137 e.